The van der Waals surface area contributed by atoms with E-state index in [1.54, 1.807) is 7.11 Å². The van der Waals surface area contributed by atoms with Crippen molar-refractivity contribution in [2.45, 2.75) is 32.8 Å². The molecule has 1 atom stereocenters. The first-order valence-corrected chi connectivity index (χ1v) is 6.24. The van der Waals surface area contributed by atoms with Gasteiger partial charge in [0.05, 0.1) is 10.2 Å². The zero-order valence-electron chi connectivity index (χ0n) is 10.2. The van der Waals surface area contributed by atoms with Crippen molar-refractivity contribution in [3.63, 3.8) is 0 Å². The maximum atomic E-state index is 5.36. The quantitative estimate of drug-likeness (QED) is 0.905. The van der Waals surface area contributed by atoms with Gasteiger partial charge in [0.1, 0.15) is 11.9 Å². The third-order valence-corrected chi connectivity index (χ3v) is 3.29. The number of anilines is 1. The molecule has 0 saturated heterocycles. The Morgan fingerprint density at radius 2 is 2.06 bits per heavy atom. The van der Waals surface area contributed by atoms with Crippen molar-refractivity contribution in [1.82, 2.24) is 9.97 Å². The Morgan fingerprint density at radius 1 is 1.38 bits per heavy atom. The molecule has 1 aromatic rings. The van der Waals surface area contributed by atoms with Crippen LogP contribution in [0.2, 0.25) is 0 Å². The fourth-order valence-electron chi connectivity index (χ4n) is 1.51. The minimum atomic E-state index is -0.0366. The fourth-order valence-corrected chi connectivity index (χ4v) is 2.17. The Balaban J connectivity index is 3.20. The summed E-state index contributed by atoms with van der Waals surface area (Å²) in [6.07, 6.45) is 1.69. The van der Waals surface area contributed by atoms with E-state index in [0.717, 1.165) is 34.7 Å². The summed E-state index contributed by atoms with van der Waals surface area (Å²) in [4.78, 5) is 8.97. The molecule has 4 nitrogen and oxygen atoms in total. The van der Waals surface area contributed by atoms with Crippen LogP contribution in [0.1, 0.15) is 37.9 Å². The molecule has 5 heteroatoms. The van der Waals surface area contributed by atoms with Crippen molar-refractivity contribution < 1.29 is 4.74 Å². The number of aromatic nitrogens is 2. The zero-order valence-corrected chi connectivity index (χ0v) is 11.8. The molecule has 1 heterocycles. The number of nitrogens with one attached hydrogen (secondary N) is 1. The fraction of sp³-hybridized carbons (Fsp3) is 0.636. The second-order valence-corrected chi connectivity index (χ2v) is 4.22. The lowest BCUT2D eigenvalue weighted by atomic mass is 10.2. The summed E-state index contributed by atoms with van der Waals surface area (Å²) in [5.41, 5.74) is 1.00. The molecule has 90 valence electrons. The number of ether oxygens (including phenoxy) is 1. The van der Waals surface area contributed by atoms with E-state index in [1.165, 1.54) is 0 Å². The van der Waals surface area contributed by atoms with Crippen LogP contribution in [0.5, 0.6) is 0 Å². The van der Waals surface area contributed by atoms with Gasteiger partial charge in [-0.15, -0.1) is 0 Å². The van der Waals surface area contributed by atoms with Crippen molar-refractivity contribution in [3.05, 3.63) is 16.0 Å². The van der Waals surface area contributed by atoms with Crippen molar-refractivity contribution in [3.8, 4) is 0 Å². The lowest BCUT2D eigenvalue weighted by Crippen LogP contribution is -2.10. The first-order chi connectivity index (χ1) is 7.67. The van der Waals surface area contributed by atoms with E-state index < -0.39 is 0 Å². The van der Waals surface area contributed by atoms with Crippen LogP contribution in [0.25, 0.3) is 0 Å². The van der Waals surface area contributed by atoms with Crippen LogP contribution >= 0.6 is 15.9 Å². The smallest absolute Gasteiger partial charge is 0.159 e. The van der Waals surface area contributed by atoms with Crippen LogP contribution in [0, 0.1) is 0 Å². The van der Waals surface area contributed by atoms with E-state index in [4.69, 9.17) is 4.74 Å². The molecule has 0 aliphatic rings. The highest BCUT2D eigenvalue weighted by Crippen LogP contribution is 2.27. The van der Waals surface area contributed by atoms with E-state index in [1.807, 2.05) is 7.05 Å². The molecular formula is C11H18BrN3O. The lowest BCUT2D eigenvalue weighted by Gasteiger charge is -2.15. The number of hydrogen-bond acceptors (Lipinski definition) is 4. The van der Waals surface area contributed by atoms with Crippen LogP contribution in [-0.4, -0.2) is 24.1 Å². The van der Waals surface area contributed by atoms with Gasteiger partial charge in [0.15, 0.2) is 5.82 Å². The highest BCUT2D eigenvalue weighted by Gasteiger charge is 2.16. The number of aryl methyl sites for hydroxylation is 1. The Labute approximate surface area is 105 Å². The average molecular weight is 288 g/mol. The van der Waals surface area contributed by atoms with E-state index in [-0.39, 0.29) is 6.10 Å². The second-order valence-electron chi connectivity index (χ2n) is 3.43. The number of halogens is 1. The van der Waals surface area contributed by atoms with Gasteiger partial charge in [0.25, 0.3) is 0 Å². The monoisotopic (exact) mass is 287 g/mol. The Kier molecular flexibility index (Phi) is 5.15. The van der Waals surface area contributed by atoms with Crippen molar-refractivity contribution in [1.29, 1.82) is 0 Å². The van der Waals surface area contributed by atoms with Crippen LogP contribution in [0.15, 0.2) is 4.47 Å². The van der Waals surface area contributed by atoms with E-state index in [9.17, 15) is 0 Å². The first kappa shape index (κ1) is 13.4. The summed E-state index contributed by atoms with van der Waals surface area (Å²) < 4.78 is 6.29. The summed E-state index contributed by atoms with van der Waals surface area (Å²) in [6.45, 7) is 4.13. The largest absolute Gasteiger partial charge is 0.373 e. The van der Waals surface area contributed by atoms with Gasteiger partial charge in [-0.1, -0.05) is 13.8 Å². The van der Waals surface area contributed by atoms with Gasteiger partial charge in [-0.3, -0.25) is 0 Å². The molecule has 0 spiro atoms. The van der Waals surface area contributed by atoms with Gasteiger partial charge in [0, 0.05) is 14.2 Å². The van der Waals surface area contributed by atoms with E-state index in [0.29, 0.717) is 0 Å². The molecule has 0 bridgehead atoms. The van der Waals surface area contributed by atoms with Crippen LogP contribution in [0.4, 0.5) is 5.82 Å². The van der Waals surface area contributed by atoms with Gasteiger partial charge in [-0.05, 0) is 28.8 Å². The molecule has 0 radical (unpaired) electrons. The van der Waals surface area contributed by atoms with Gasteiger partial charge in [0.2, 0.25) is 0 Å². The molecule has 0 saturated carbocycles. The maximum absolute atomic E-state index is 5.36. The molecule has 16 heavy (non-hydrogen) atoms. The number of nitrogens with zero attached hydrogens (tertiary/aromatic N) is 2. The van der Waals surface area contributed by atoms with Crippen LogP contribution in [0.3, 0.4) is 0 Å². The minimum Gasteiger partial charge on any atom is -0.373 e. The molecule has 0 aromatic carbocycles. The predicted octanol–water partition coefficient (Wildman–Crippen LogP) is 2.94. The molecule has 0 aliphatic heterocycles. The van der Waals surface area contributed by atoms with Crippen molar-refractivity contribution >= 4 is 21.7 Å². The topological polar surface area (TPSA) is 47.0 Å². The number of methoxy groups -OCH3 is 1. The standard InChI is InChI=1S/C11H18BrN3O/c1-5-7-9(12)11(13-3)15-10(14-7)8(6-2)16-4/h8H,5-6H2,1-4H3,(H,13,14,15). The van der Waals surface area contributed by atoms with Gasteiger partial charge >= 0.3 is 0 Å². The highest BCUT2D eigenvalue weighted by molar-refractivity contribution is 9.10. The van der Waals surface area contributed by atoms with Gasteiger partial charge < -0.3 is 10.1 Å². The molecule has 1 N–H and O–H groups in total. The molecule has 0 amide bonds. The molecule has 0 fully saturated rings. The SMILES string of the molecule is CCc1nc(C(CC)OC)nc(NC)c1Br. The van der Waals surface area contributed by atoms with E-state index >= 15 is 0 Å². The normalized spacial score (nSPS) is 12.6. The lowest BCUT2D eigenvalue weighted by molar-refractivity contribution is 0.0925. The van der Waals surface area contributed by atoms with Crippen molar-refractivity contribution in [2.24, 2.45) is 0 Å². The summed E-state index contributed by atoms with van der Waals surface area (Å²) in [5, 5.41) is 3.06. The molecule has 0 aliphatic carbocycles. The molecule has 1 rings (SSSR count). The number of rotatable bonds is 5. The Bertz CT molecular complexity index is 328. The molecular weight excluding hydrogens is 270 g/mol. The maximum Gasteiger partial charge on any atom is 0.159 e. The highest BCUT2D eigenvalue weighted by atomic mass is 79.9. The summed E-state index contributed by atoms with van der Waals surface area (Å²) in [6, 6.07) is 0. The third kappa shape index (κ3) is 2.71. The van der Waals surface area contributed by atoms with Crippen LogP contribution in [-0.2, 0) is 11.2 Å². The van der Waals surface area contributed by atoms with Gasteiger partial charge in [-0.25, -0.2) is 9.97 Å². The predicted molar refractivity (Wildman–Crippen MR) is 68.7 cm³/mol. The zero-order chi connectivity index (χ0) is 12.1. The first-order valence-electron chi connectivity index (χ1n) is 5.44. The molecule has 1 aromatic heterocycles. The number of hydrogen-bond donors (Lipinski definition) is 1. The summed E-state index contributed by atoms with van der Waals surface area (Å²) >= 11 is 3.50. The Hall–Kier alpha value is -0.680. The Morgan fingerprint density at radius 3 is 2.50 bits per heavy atom. The summed E-state index contributed by atoms with van der Waals surface area (Å²) in [5.74, 6) is 1.56. The molecule has 1 unspecified atom stereocenters. The van der Waals surface area contributed by atoms with Crippen LogP contribution < -0.4 is 5.32 Å². The van der Waals surface area contributed by atoms with Crippen molar-refractivity contribution in [2.75, 3.05) is 19.5 Å². The summed E-state index contributed by atoms with van der Waals surface area (Å²) in [7, 11) is 3.54. The average Bonchev–Trinajstić information content (AvgIpc) is 2.32. The van der Waals surface area contributed by atoms with Gasteiger partial charge in [-0.2, -0.15) is 0 Å². The second kappa shape index (κ2) is 6.15. The third-order valence-electron chi connectivity index (χ3n) is 2.45. The minimum absolute atomic E-state index is 0.0366. The van der Waals surface area contributed by atoms with E-state index in [2.05, 4.69) is 45.1 Å².